The second-order valence-electron chi connectivity index (χ2n) is 3.39. The third kappa shape index (κ3) is 3.59. The van der Waals surface area contributed by atoms with Crippen molar-refractivity contribution in [3.05, 3.63) is 35.9 Å². The van der Waals surface area contributed by atoms with Crippen molar-refractivity contribution in [1.29, 1.82) is 5.41 Å². The molecule has 1 unspecified atom stereocenters. The van der Waals surface area contributed by atoms with Crippen molar-refractivity contribution < 1.29 is 4.74 Å². The van der Waals surface area contributed by atoms with Crippen LogP contribution in [0.5, 0.6) is 0 Å². The normalized spacial score (nSPS) is 12.1. The zero-order valence-corrected chi connectivity index (χ0v) is 9.10. The molecule has 0 aromatic heterocycles. The molecule has 0 saturated heterocycles. The van der Waals surface area contributed by atoms with Crippen molar-refractivity contribution in [2.45, 2.75) is 19.8 Å². The molecule has 0 aliphatic carbocycles. The number of benzene rings is 1. The van der Waals surface area contributed by atoms with Crippen LogP contribution in [0.25, 0.3) is 0 Å². The van der Waals surface area contributed by atoms with Crippen molar-refractivity contribution in [3.8, 4) is 0 Å². The van der Waals surface area contributed by atoms with Crippen LogP contribution in [0.2, 0.25) is 0 Å². The predicted molar refractivity (Wildman–Crippen MR) is 60.4 cm³/mol. The molecule has 0 radical (unpaired) electrons. The van der Waals surface area contributed by atoms with Gasteiger partial charge in [0, 0.05) is 7.05 Å². The second-order valence-corrected chi connectivity index (χ2v) is 3.39. The summed E-state index contributed by atoms with van der Waals surface area (Å²) in [6.45, 7) is 2.39. The van der Waals surface area contributed by atoms with Gasteiger partial charge in [-0.1, -0.05) is 30.3 Å². The van der Waals surface area contributed by atoms with Crippen LogP contribution < -0.4 is 5.73 Å². The highest BCUT2D eigenvalue weighted by molar-refractivity contribution is 5.74. The highest BCUT2D eigenvalue weighted by Gasteiger charge is 2.09. The Kier molecular flexibility index (Phi) is 4.12. The SMILES string of the molecule is CC(OCc1ccccc1)N(C)C(=N)N. The Hall–Kier alpha value is -1.55. The van der Waals surface area contributed by atoms with Gasteiger partial charge in [-0.2, -0.15) is 0 Å². The van der Waals surface area contributed by atoms with Gasteiger partial charge in [0.15, 0.2) is 5.96 Å². The molecule has 0 aliphatic rings. The minimum absolute atomic E-state index is 0.00978. The standard InChI is InChI=1S/C11H17N3O/c1-9(14(2)11(12)13)15-8-10-6-4-3-5-7-10/h3-7,9H,8H2,1-2H3,(H3,12,13). The number of ether oxygens (including phenoxy) is 1. The number of nitrogens with zero attached hydrogens (tertiary/aromatic N) is 1. The molecule has 0 amide bonds. The van der Waals surface area contributed by atoms with Crippen molar-refractivity contribution >= 4 is 5.96 Å². The van der Waals surface area contributed by atoms with Gasteiger partial charge in [-0.25, -0.2) is 0 Å². The summed E-state index contributed by atoms with van der Waals surface area (Å²) in [7, 11) is 1.73. The average Bonchev–Trinajstić information content (AvgIpc) is 2.26. The van der Waals surface area contributed by atoms with E-state index in [-0.39, 0.29) is 12.2 Å². The maximum atomic E-state index is 7.24. The molecule has 1 aromatic carbocycles. The number of nitrogens with two attached hydrogens (primary N) is 1. The van der Waals surface area contributed by atoms with Crippen LogP contribution in [-0.4, -0.2) is 24.1 Å². The van der Waals surface area contributed by atoms with Crippen molar-refractivity contribution in [2.24, 2.45) is 5.73 Å². The van der Waals surface area contributed by atoms with Crippen molar-refractivity contribution in [3.63, 3.8) is 0 Å². The molecule has 4 nitrogen and oxygen atoms in total. The number of hydrogen-bond donors (Lipinski definition) is 2. The van der Waals surface area contributed by atoms with Crippen molar-refractivity contribution in [1.82, 2.24) is 4.90 Å². The quantitative estimate of drug-likeness (QED) is 0.445. The van der Waals surface area contributed by atoms with Crippen LogP contribution in [0.1, 0.15) is 12.5 Å². The van der Waals surface area contributed by atoms with Gasteiger partial charge in [-0.3, -0.25) is 5.41 Å². The zero-order valence-electron chi connectivity index (χ0n) is 9.10. The Morgan fingerprint density at radius 3 is 2.60 bits per heavy atom. The third-order valence-corrected chi connectivity index (χ3v) is 2.26. The Balaban J connectivity index is 2.41. The predicted octanol–water partition coefficient (Wildman–Crippen LogP) is 1.37. The van der Waals surface area contributed by atoms with E-state index in [0.29, 0.717) is 6.61 Å². The number of hydrogen-bond acceptors (Lipinski definition) is 2. The van der Waals surface area contributed by atoms with Gasteiger partial charge >= 0.3 is 0 Å². The van der Waals surface area contributed by atoms with Gasteiger partial charge in [0.05, 0.1) is 6.61 Å². The van der Waals surface area contributed by atoms with Gasteiger partial charge in [-0.05, 0) is 12.5 Å². The maximum absolute atomic E-state index is 7.24. The molecule has 0 bridgehead atoms. The number of guanidine groups is 1. The van der Waals surface area contributed by atoms with Crippen LogP contribution >= 0.6 is 0 Å². The zero-order chi connectivity index (χ0) is 11.3. The van der Waals surface area contributed by atoms with E-state index in [2.05, 4.69) is 0 Å². The van der Waals surface area contributed by atoms with E-state index in [1.54, 1.807) is 11.9 Å². The van der Waals surface area contributed by atoms with E-state index >= 15 is 0 Å². The van der Waals surface area contributed by atoms with Gasteiger partial charge in [-0.15, -0.1) is 0 Å². The Labute approximate surface area is 90.2 Å². The van der Waals surface area contributed by atoms with Gasteiger partial charge in [0.25, 0.3) is 0 Å². The van der Waals surface area contributed by atoms with Crippen LogP contribution in [0.4, 0.5) is 0 Å². The second kappa shape index (κ2) is 5.36. The van der Waals surface area contributed by atoms with Crippen LogP contribution in [0.15, 0.2) is 30.3 Å². The molecule has 1 rings (SSSR count). The lowest BCUT2D eigenvalue weighted by atomic mass is 10.2. The first-order chi connectivity index (χ1) is 7.11. The topological polar surface area (TPSA) is 62.3 Å². The highest BCUT2D eigenvalue weighted by atomic mass is 16.5. The van der Waals surface area contributed by atoms with Gasteiger partial charge in [0.2, 0.25) is 0 Å². The lowest BCUT2D eigenvalue weighted by molar-refractivity contribution is -0.0148. The molecule has 0 heterocycles. The summed E-state index contributed by atoms with van der Waals surface area (Å²) in [6, 6.07) is 9.91. The minimum atomic E-state index is -0.192. The van der Waals surface area contributed by atoms with Crippen molar-refractivity contribution in [2.75, 3.05) is 7.05 Å². The lowest BCUT2D eigenvalue weighted by Crippen LogP contribution is -2.40. The third-order valence-electron chi connectivity index (χ3n) is 2.26. The molecule has 3 N–H and O–H groups in total. The molecule has 4 heteroatoms. The summed E-state index contributed by atoms with van der Waals surface area (Å²) in [6.07, 6.45) is -0.192. The van der Waals surface area contributed by atoms with Crippen LogP contribution in [0, 0.1) is 5.41 Å². The monoisotopic (exact) mass is 207 g/mol. The lowest BCUT2D eigenvalue weighted by Gasteiger charge is -2.24. The molecule has 82 valence electrons. The summed E-state index contributed by atoms with van der Waals surface area (Å²) in [5.74, 6) is 0.00978. The molecular weight excluding hydrogens is 190 g/mol. The number of rotatable bonds is 4. The fourth-order valence-corrected chi connectivity index (χ4v) is 1.10. The summed E-state index contributed by atoms with van der Waals surface area (Å²) >= 11 is 0. The van der Waals surface area contributed by atoms with E-state index in [9.17, 15) is 0 Å². The average molecular weight is 207 g/mol. The smallest absolute Gasteiger partial charge is 0.190 e. The Morgan fingerprint density at radius 2 is 2.07 bits per heavy atom. The van der Waals surface area contributed by atoms with E-state index in [4.69, 9.17) is 15.9 Å². The molecule has 0 fully saturated rings. The summed E-state index contributed by atoms with van der Waals surface area (Å²) in [4.78, 5) is 1.57. The maximum Gasteiger partial charge on any atom is 0.190 e. The highest BCUT2D eigenvalue weighted by Crippen LogP contribution is 2.04. The fourth-order valence-electron chi connectivity index (χ4n) is 1.10. The first-order valence-electron chi connectivity index (χ1n) is 4.83. The summed E-state index contributed by atoms with van der Waals surface area (Å²) < 4.78 is 5.56. The molecule has 15 heavy (non-hydrogen) atoms. The minimum Gasteiger partial charge on any atom is -0.370 e. The largest absolute Gasteiger partial charge is 0.370 e. The van der Waals surface area contributed by atoms with E-state index in [1.165, 1.54) is 0 Å². The van der Waals surface area contributed by atoms with E-state index < -0.39 is 0 Å². The number of nitrogens with one attached hydrogen (secondary N) is 1. The first kappa shape index (κ1) is 11.5. The summed E-state index contributed by atoms with van der Waals surface area (Å²) in [5, 5.41) is 7.24. The Bertz CT molecular complexity index is 313. The molecule has 0 spiro atoms. The van der Waals surface area contributed by atoms with Gasteiger partial charge < -0.3 is 15.4 Å². The van der Waals surface area contributed by atoms with Crippen LogP contribution in [0.3, 0.4) is 0 Å². The van der Waals surface area contributed by atoms with Crippen LogP contribution in [-0.2, 0) is 11.3 Å². The molecule has 1 aromatic rings. The Morgan fingerprint density at radius 1 is 1.47 bits per heavy atom. The first-order valence-corrected chi connectivity index (χ1v) is 4.83. The molecular formula is C11H17N3O. The molecule has 0 saturated carbocycles. The van der Waals surface area contributed by atoms with E-state index in [1.807, 2.05) is 37.3 Å². The molecule has 1 atom stereocenters. The fraction of sp³-hybridized carbons (Fsp3) is 0.364. The van der Waals surface area contributed by atoms with Gasteiger partial charge in [0.1, 0.15) is 6.23 Å². The molecule has 0 aliphatic heterocycles. The van der Waals surface area contributed by atoms with E-state index in [0.717, 1.165) is 5.56 Å². The summed E-state index contributed by atoms with van der Waals surface area (Å²) in [5.41, 5.74) is 6.45.